The Morgan fingerprint density at radius 1 is 1.32 bits per heavy atom. The lowest BCUT2D eigenvalue weighted by Crippen LogP contribution is -2.54. The van der Waals surface area contributed by atoms with E-state index in [-0.39, 0.29) is 22.9 Å². The molecule has 2 N–H and O–H groups in total. The summed E-state index contributed by atoms with van der Waals surface area (Å²) in [6, 6.07) is 9.07. The predicted octanol–water partition coefficient (Wildman–Crippen LogP) is 3.25. The van der Waals surface area contributed by atoms with Crippen molar-refractivity contribution in [1.82, 2.24) is 4.98 Å². The monoisotopic (exact) mass is 337 g/mol. The van der Waals surface area contributed by atoms with Gasteiger partial charge in [0.25, 0.3) is 0 Å². The molecule has 4 nitrogen and oxygen atoms in total. The number of benzene rings is 1. The van der Waals surface area contributed by atoms with Crippen LogP contribution in [0.2, 0.25) is 0 Å². The zero-order chi connectivity index (χ0) is 17.7. The van der Waals surface area contributed by atoms with E-state index in [0.29, 0.717) is 18.4 Å². The predicted molar refractivity (Wildman–Crippen MR) is 94.3 cm³/mol. The summed E-state index contributed by atoms with van der Waals surface area (Å²) in [7, 11) is 0. The largest absolute Gasteiger partial charge is 0.508 e. The van der Waals surface area contributed by atoms with Gasteiger partial charge in [-0.05, 0) is 60.9 Å². The fourth-order valence-corrected chi connectivity index (χ4v) is 5.03. The van der Waals surface area contributed by atoms with Crippen LogP contribution in [0.15, 0.2) is 42.7 Å². The Bertz CT molecular complexity index is 819. The summed E-state index contributed by atoms with van der Waals surface area (Å²) in [5.41, 5.74) is 1.23. The number of aromatic hydroxyl groups is 1. The molecule has 1 fully saturated rings. The van der Waals surface area contributed by atoms with Crippen LogP contribution in [0.4, 0.5) is 0 Å². The molecule has 0 spiro atoms. The van der Waals surface area contributed by atoms with E-state index in [1.165, 1.54) is 5.56 Å². The molecular weight excluding hydrogens is 314 g/mol. The van der Waals surface area contributed by atoms with E-state index in [0.717, 1.165) is 24.8 Å². The van der Waals surface area contributed by atoms with Crippen molar-refractivity contribution in [2.45, 2.75) is 50.0 Å². The van der Waals surface area contributed by atoms with Crippen molar-refractivity contribution in [3.05, 3.63) is 59.4 Å². The maximum Gasteiger partial charge on any atom is 0.169 e. The molecule has 130 valence electrons. The average Bonchev–Trinajstić information content (AvgIpc) is 2.63. The average molecular weight is 337 g/mol. The molecule has 0 radical (unpaired) electrons. The SMILES string of the molecule is CCC12CC(=O)C(O)(c3cccnc3)C[C@H]1CCc1cc(O)ccc12. The van der Waals surface area contributed by atoms with Crippen LogP contribution in [0.5, 0.6) is 5.75 Å². The molecule has 4 heteroatoms. The number of pyridine rings is 1. The van der Waals surface area contributed by atoms with Gasteiger partial charge in [-0.1, -0.05) is 19.1 Å². The van der Waals surface area contributed by atoms with Gasteiger partial charge >= 0.3 is 0 Å². The number of carbonyl (C=O) groups excluding carboxylic acids is 1. The van der Waals surface area contributed by atoms with Crippen molar-refractivity contribution in [3.8, 4) is 5.75 Å². The Morgan fingerprint density at radius 3 is 2.88 bits per heavy atom. The molecule has 0 saturated heterocycles. The van der Waals surface area contributed by atoms with Crippen LogP contribution in [0.3, 0.4) is 0 Å². The molecule has 3 atom stereocenters. The number of aliphatic hydroxyl groups is 1. The summed E-state index contributed by atoms with van der Waals surface area (Å²) < 4.78 is 0. The number of phenolic OH excluding ortho intramolecular Hbond substituents is 1. The van der Waals surface area contributed by atoms with Crippen molar-refractivity contribution in [2.75, 3.05) is 0 Å². The highest BCUT2D eigenvalue weighted by Crippen LogP contribution is 2.55. The molecular formula is C21H23NO3. The van der Waals surface area contributed by atoms with E-state index in [4.69, 9.17) is 0 Å². The number of fused-ring (bicyclic) bond motifs is 3. The second kappa shape index (κ2) is 5.67. The van der Waals surface area contributed by atoms with Gasteiger partial charge in [-0.15, -0.1) is 0 Å². The maximum absolute atomic E-state index is 13.1. The number of aromatic nitrogens is 1. The fraction of sp³-hybridized carbons (Fsp3) is 0.429. The normalized spacial score (nSPS) is 31.3. The second-order valence-corrected chi connectivity index (χ2v) is 7.49. The van der Waals surface area contributed by atoms with Crippen LogP contribution < -0.4 is 0 Å². The Balaban J connectivity index is 1.79. The van der Waals surface area contributed by atoms with Crippen molar-refractivity contribution in [1.29, 1.82) is 0 Å². The van der Waals surface area contributed by atoms with E-state index >= 15 is 0 Å². The smallest absolute Gasteiger partial charge is 0.169 e. The minimum absolute atomic E-state index is 0.125. The first-order valence-electron chi connectivity index (χ1n) is 8.98. The number of hydrogen-bond acceptors (Lipinski definition) is 4. The Kier molecular flexibility index (Phi) is 3.69. The summed E-state index contributed by atoms with van der Waals surface area (Å²) in [5.74, 6) is 0.384. The lowest BCUT2D eigenvalue weighted by atomic mass is 9.52. The highest BCUT2D eigenvalue weighted by Gasteiger charge is 2.55. The van der Waals surface area contributed by atoms with Crippen molar-refractivity contribution in [3.63, 3.8) is 0 Å². The molecule has 25 heavy (non-hydrogen) atoms. The van der Waals surface area contributed by atoms with Gasteiger partial charge in [-0.3, -0.25) is 9.78 Å². The number of ketones is 1. The van der Waals surface area contributed by atoms with Gasteiger partial charge in [0.1, 0.15) is 11.4 Å². The third kappa shape index (κ3) is 2.31. The molecule has 0 bridgehead atoms. The molecule has 0 amide bonds. The van der Waals surface area contributed by atoms with Gasteiger partial charge in [0.15, 0.2) is 5.78 Å². The summed E-state index contributed by atoms with van der Waals surface area (Å²) in [6.07, 6.45) is 6.66. The first kappa shape index (κ1) is 16.3. The molecule has 2 aliphatic rings. The Labute approximate surface area is 147 Å². The lowest BCUT2D eigenvalue weighted by molar-refractivity contribution is -0.150. The van der Waals surface area contributed by atoms with Crippen LogP contribution in [-0.4, -0.2) is 21.0 Å². The standard InChI is InChI=1S/C21H23NO3/c1-2-20-12-19(24)21(25,16-4-3-9-22-13-16)11-15(20)6-5-14-10-17(23)7-8-18(14)20/h3-4,7-10,13,15,23,25H,2,5-6,11-12H2,1H3/t15-,20?,21?/m1/s1. The summed E-state index contributed by atoms with van der Waals surface area (Å²) in [5, 5.41) is 21.0. The van der Waals surface area contributed by atoms with Gasteiger partial charge in [-0.25, -0.2) is 0 Å². The van der Waals surface area contributed by atoms with Gasteiger partial charge < -0.3 is 10.2 Å². The summed E-state index contributed by atoms with van der Waals surface area (Å²) in [6.45, 7) is 2.12. The maximum atomic E-state index is 13.1. The van der Waals surface area contributed by atoms with Crippen LogP contribution in [-0.2, 0) is 22.2 Å². The van der Waals surface area contributed by atoms with Crippen LogP contribution in [0.1, 0.15) is 49.3 Å². The van der Waals surface area contributed by atoms with Crippen molar-refractivity contribution < 1.29 is 15.0 Å². The summed E-state index contributed by atoms with van der Waals surface area (Å²) in [4.78, 5) is 17.2. The van der Waals surface area contributed by atoms with E-state index in [2.05, 4.69) is 11.9 Å². The zero-order valence-corrected chi connectivity index (χ0v) is 14.4. The van der Waals surface area contributed by atoms with Crippen LogP contribution in [0, 0.1) is 5.92 Å². The molecule has 2 aromatic rings. The highest BCUT2D eigenvalue weighted by molar-refractivity contribution is 5.90. The number of nitrogens with zero attached hydrogens (tertiary/aromatic N) is 1. The van der Waals surface area contributed by atoms with Gasteiger partial charge in [-0.2, -0.15) is 0 Å². The Hall–Kier alpha value is -2.20. The number of phenols is 1. The molecule has 1 saturated carbocycles. The fourth-order valence-electron chi connectivity index (χ4n) is 5.03. The minimum Gasteiger partial charge on any atom is -0.508 e. The number of Topliss-reactive ketones (excluding diaryl/α,β-unsaturated/α-hetero) is 1. The molecule has 2 unspecified atom stereocenters. The second-order valence-electron chi connectivity index (χ2n) is 7.49. The van der Waals surface area contributed by atoms with E-state index in [9.17, 15) is 15.0 Å². The lowest BCUT2D eigenvalue weighted by Gasteiger charge is -2.52. The van der Waals surface area contributed by atoms with Gasteiger partial charge in [0.2, 0.25) is 0 Å². The number of aryl methyl sites for hydroxylation is 1. The number of hydrogen-bond donors (Lipinski definition) is 2. The first-order valence-corrected chi connectivity index (χ1v) is 8.98. The number of rotatable bonds is 2. The molecule has 0 aliphatic heterocycles. The molecule has 4 rings (SSSR count). The minimum atomic E-state index is -1.44. The molecule has 1 aromatic heterocycles. The van der Waals surface area contributed by atoms with Crippen LogP contribution in [0.25, 0.3) is 0 Å². The van der Waals surface area contributed by atoms with Crippen molar-refractivity contribution in [2.24, 2.45) is 5.92 Å². The summed E-state index contributed by atoms with van der Waals surface area (Å²) >= 11 is 0. The van der Waals surface area contributed by atoms with Crippen molar-refractivity contribution >= 4 is 5.78 Å². The van der Waals surface area contributed by atoms with Gasteiger partial charge in [0, 0.05) is 29.8 Å². The van der Waals surface area contributed by atoms with E-state index in [1.807, 2.05) is 12.1 Å². The molecule has 1 heterocycles. The quantitative estimate of drug-likeness (QED) is 0.882. The first-order chi connectivity index (χ1) is 12.0. The van der Waals surface area contributed by atoms with Gasteiger partial charge in [0.05, 0.1) is 0 Å². The Morgan fingerprint density at radius 2 is 2.16 bits per heavy atom. The highest BCUT2D eigenvalue weighted by atomic mass is 16.3. The number of carbonyl (C=O) groups is 1. The topological polar surface area (TPSA) is 70.4 Å². The molecule has 2 aliphatic carbocycles. The third-order valence-electron chi connectivity index (χ3n) is 6.42. The zero-order valence-electron chi connectivity index (χ0n) is 14.4. The van der Waals surface area contributed by atoms with Crippen LogP contribution >= 0.6 is 0 Å². The third-order valence-corrected chi connectivity index (χ3v) is 6.42. The van der Waals surface area contributed by atoms with E-state index in [1.54, 1.807) is 30.6 Å². The van der Waals surface area contributed by atoms with E-state index < -0.39 is 5.60 Å². The molecule has 1 aromatic carbocycles.